The number of urea groups is 1. The summed E-state index contributed by atoms with van der Waals surface area (Å²) in [4.78, 5) is 33.3. The quantitative estimate of drug-likeness (QED) is 0.636. The van der Waals surface area contributed by atoms with Crippen LogP contribution in [0.2, 0.25) is 0 Å². The topological polar surface area (TPSA) is 108 Å². The average Bonchev–Trinajstić information content (AvgIpc) is 2.43. The molecule has 0 aliphatic carbocycles. The number of carboxylic acids is 1. The summed E-state index contributed by atoms with van der Waals surface area (Å²) in [5, 5.41) is 16.0. The fourth-order valence-corrected chi connectivity index (χ4v) is 1.38. The monoisotopic (exact) mass is 311 g/mol. The molecule has 0 fully saturated rings. The molecule has 8 heteroatoms. The number of aliphatic carboxylic acids is 1. The van der Waals surface area contributed by atoms with Gasteiger partial charge in [0.25, 0.3) is 5.91 Å². The number of halogens is 1. The van der Waals surface area contributed by atoms with E-state index in [-0.39, 0.29) is 12.1 Å². The van der Waals surface area contributed by atoms with Gasteiger partial charge in [0, 0.05) is 16.3 Å². The van der Waals surface area contributed by atoms with Gasteiger partial charge in [0.2, 0.25) is 0 Å². The van der Waals surface area contributed by atoms with Gasteiger partial charge in [-0.15, -0.1) is 0 Å². The van der Waals surface area contributed by atoms with Crippen LogP contribution < -0.4 is 16.0 Å². The molecule has 0 saturated heterocycles. The molecule has 0 aromatic heterocycles. The maximum Gasteiger partial charge on any atom is 0.322 e. The Hall–Kier alpha value is -2.54. The molecule has 7 nitrogen and oxygen atoms in total. The molecule has 4 N–H and O–H groups in total. The minimum absolute atomic E-state index is 0.142. The van der Waals surface area contributed by atoms with Crippen LogP contribution in [0.25, 0.3) is 0 Å². The molecular formula is C13H14ClN3O4. The van der Waals surface area contributed by atoms with Gasteiger partial charge in [-0.2, -0.15) is 0 Å². The zero-order valence-corrected chi connectivity index (χ0v) is 11.7. The Balaban J connectivity index is 2.53. The standard InChI is InChI=1S/C13H14ClN3O4/c1-8(14)6-16-13(21)17-10-4-2-9(3-5-10)12(20)15-7-11(18)19/h2-5H,1,6-7H2,(H,15,20)(H,18,19)(H2,16,17,21). The van der Waals surface area contributed by atoms with Crippen LogP contribution in [0.4, 0.5) is 10.5 Å². The number of rotatable bonds is 6. The Bertz CT molecular complexity index is 557. The van der Waals surface area contributed by atoms with E-state index in [1.807, 2.05) is 0 Å². The van der Waals surface area contributed by atoms with Gasteiger partial charge in [0.15, 0.2) is 0 Å². The van der Waals surface area contributed by atoms with Crippen molar-refractivity contribution in [2.75, 3.05) is 18.4 Å². The zero-order chi connectivity index (χ0) is 15.8. The van der Waals surface area contributed by atoms with Crippen molar-refractivity contribution in [1.82, 2.24) is 10.6 Å². The number of carboxylic acid groups (broad SMARTS) is 1. The lowest BCUT2D eigenvalue weighted by Crippen LogP contribution is -2.30. The highest BCUT2D eigenvalue weighted by atomic mass is 35.5. The number of amides is 3. The average molecular weight is 312 g/mol. The van der Waals surface area contributed by atoms with Crippen LogP contribution >= 0.6 is 11.6 Å². The van der Waals surface area contributed by atoms with Crippen molar-refractivity contribution in [1.29, 1.82) is 0 Å². The van der Waals surface area contributed by atoms with E-state index in [2.05, 4.69) is 22.5 Å². The molecule has 1 rings (SSSR count). The van der Waals surface area contributed by atoms with Gasteiger partial charge >= 0.3 is 12.0 Å². The summed E-state index contributed by atoms with van der Waals surface area (Å²) in [5.41, 5.74) is 0.763. The Labute approximate surface area is 126 Å². The Morgan fingerprint density at radius 1 is 1.10 bits per heavy atom. The van der Waals surface area contributed by atoms with Crippen molar-refractivity contribution in [3.63, 3.8) is 0 Å². The molecule has 0 unspecified atom stereocenters. The fourth-order valence-electron chi connectivity index (χ4n) is 1.31. The molecule has 0 spiro atoms. The van der Waals surface area contributed by atoms with Gasteiger partial charge in [-0.25, -0.2) is 4.79 Å². The molecule has 0 heterocycles. The maximum absolute atomic E-state index is 11.6. The Kier molecular flexibility index (Phi) is 6.22. The van der Waals surface area contributed by atoms with E-state index in [0.717, 1.165) is 0 Å². The summed E-state index contributed by atoms with van der Waals surface area (Å²) in [5.74, 6) is -1.63. The van der Waals surface area contributed by atoms with E-state index < -0.39 is 24.5 Å². The van der Waals surface area contributed by atoms with Crippen molar-refractivity contribution in [2.24, 2.45) is 0 Å². The molecule has 1 aromatic rings. The minimum atomic E-state index is -1.13. The number of benzene rings is 1. The molecule has 112 valence electrons. The summed E-state index contributed by atoms with van der Waals surface area (Å²) in [6.45, 7) is 3.12. The van der Waals surface area contributed by atoms with E-state index in [4.69, 9.17) is 16.7 Å². The number of hydrogen-bond acceptors (Lipinski definition) is 3. The van der Waals surface area contributed by atoms with Crippen molar-refractivity contribution >= 4 is 35.2 Å². The molecular weight excluding hydrogens is 298 g/mol. The molecule has 0 saturated carbocycles. The summed E-state index contributed by atoms with van der Waals surface area (Å²) < 4.78 is 0. The zero-order valence-electron chi connectivity index (χ0n) is 11.0. The summed E-state index contributed by atoms with van der Waals surface area (Å²) in [7, 11) is 0. The number of carbonyl (C=O) groups is 3. The number of nitrogens with one attached hydrogen (secondary N) is 3. The highest BCUT2D eigenvalue weighted by molar-refractivity contribution is 6.29. The third-order valence-electron chi connectivity index (χ3n) is 2.25. The lowest BCUT2D eigenvalue weighted by atomic mass is 10.2. The second kappa shape index (κ2) is 7.91. The summed E-state index contributed by atoms with van der Waals surface area (Å²) in [6, 6.07) is 5.51. The third kappa shape index (κ3) is 6.44. The lowest BCUT2D eigenvalue weighted by molar-refractivity contribution is -0.135. The fraction of sp³-hybridized carbons (Fsp3) is 0.154. The first-order valence-corrected chi connectivity index (χ1v) is 6.24. The highest BCUT2D eigenvalue weighted by Gasteiger charge is 2.07. The van der Waals surface area contributed by atoms with Gasteiger partial charge in [0.1, 0.15) is 6.54 Å². The second-order valence-electron chi connectivity index (χ2n) is 3.98. The largest absolute Gasteiger partial charge is 0.480 e. The van der Waals surface area contributed by atoms with Gasteiger partial charge in [-0.3, -0.25) is 9.59 Å². The molecule has 0 bridgehead atoms. The van der Waals surface area contributed by atoms with E-state index in [1.54, 1.807) is 0 Å². The summed E-state index contributed by atoms with van der Waals surface area (Å²) >= 11 is 5.51. The lowest BCUT2D eigenvalue weighted by Gasteiger charge is -2.08. The number of anilines is 1. The Morgan fingerprint density at radius 3 is 2.24 bits per heavy atom. The summed E-state index contributed by atoms with van der Waals surface area (Å²) in [6.07, 6.45) is 0. The van der Waals surface area contributed by atoms with Crippen LogP contribution in [-0.4, -0.2) is 36.1 Å². The van der Waals surface area contributed by atoms with Crippen LogP contribution in [0, 0.1) is 0 Å². The molecule has 0 atom stereocenters. The van der Waals surface area contributed by atoms with Crippen molar-refractivity contribution in [3.8, 4) is 0 Å². The van der Waals surface area contributed by atoms with Gasteiger partial charge in [-0.05, 0) is 24.3 Å². The van der Waals surface area contributed by atoms with E-state index in [0.29, 0.717) is 10.7 Å². The molecule has 0 radical (unpaired) electrons. The van der Waals surface area contributed by atoms with Crippen LogP contribution in [-0.2, 0) is 4.79 Å². The molecule has 0 aliphatic heterocycles. The molecule has 21 heavy (non-hydrogen) atoms. The molecule has 1 aromatic carbocycles. The van der Waals surface area contributed by atoms with Crippen molar-refractivity contribution < 1.29 is 19.5 Å². The normalized spacial score (nSPS) is 9.57. The minimum Gasteiger partial charge on any atom is -0.480 e. The maximum atomic E-state index is 11.6. The molecule has 3 amide bonds. The van der Waals surface area contributed by atoms with E-state index >= 15 is 0 Å². The van der Waals surface area contributed by atoms with Gasteiger partial charge in [-0.1, -0.05) is 18.2 Å². The third-order valence-corrected chi connectivity index (χ3v) is 2.38. The van der Waals surface area contributed by atoms with Crippen LogP contribution in [0.5, 0.6) is 0 Å². The van der Waals surface area contributed by atoms with Gasteiger partial charge < -0.3 is 21.1 Å². The van der Waals surface area contributed by atoms with Crippen molar-refractivity contribution in [2.45, 2.75) is 0 Å². The predicted molar refractivity (Wildman–Crippen MR) is 78.4 cm³/mol. The second-order valence-corrected chi connectivity index (χ2v) is 4.51. The van der Waals surface area contributed by atoms with Crippen LogP contribution in [0.1, 0.15) is 10.4 Å². The first kappa shape index (κ1) is 16.5. The predicted octanol–water partition coefficient (Wildman–Crippen LogP) is 1.38. The van der Waals surface area contributed by atoms with Crippen LogP contribution in [0.3, 0.4) is 0 Å². The molecule has 0 aliphatic rings. The number of carbonyl (C=O) groups excluding carboxylic acids is 2. The Morgan fingerprint density at radius 2 is 1.71 bits per heavy atom. The smallest absolute Gasteiger partial charge is 0.322 e. The number of hydrogen-bond donors (Lipinski definition) is 4. The van der Waals surface area contributed by atoms with Gasteiger partial charge in [0.05, 0.1) is 6.54 Å². The van der Waals surface area contributed by atoms with E-state index in [9.17, 15) is 14.4 Å². The SMILES string of the molecule is C=C(Cl)CNC(=O)Nc1ccc(C(=O)NCC(=O)O)cc1. The van der Waals surface area contributed by atoms with Crippen LogP contribution in [0.15, 0.2) is 35.9 Å². The first-order valence-electron chi connectivity index (χ1n) is 5.86. The van der Waals surface area contributed by atoms with Crippen molar-refractivity contribution in [3.05, 3.63) is 41.4 Å². The van der Waals surface area contributed by atoms with E-state index in [1.165, 1.54) is 24.3 Å². The first-order chi connectivity index (χ1) is 9.88. The highest BCUT2D eigenvalue weighted by Crippen LogP contribution is 2.09.